The molecule has 1 fully saturated rings. The van der Waals surface area contributed by atoms with E-state index < -0.39 is 0 Å². The van der Waals surface area contributed by atoms with Crippen molar-refractivity contribution in [3.05, 3.63) is 84.2 Å². The number of hydrogen-bond acceptors (Lipinski definition) is 3. The number of hydrogen-bond donors (Lipinski definition) is 1. The zero-order chi connectivity index (χ0) is 20.1. The van der Waals surface area contributed by atoms with Gasteiger partial charge in [-0.3, -0.25) is 14.3 Å². The number of imidazole rings is 1. The summed E-state index contributed by atoms with van der Waals surface area (Å²) in [5.74, 6) is -0.0390. The zero-order valence-corrected chi connectivity index (χ0v) is 16.3. The summed E-state index contributed by atoms with van der Waals surface area (Å²) < 4.78 is 14.9. The fourth-order valence-electron chi connectivity index (χ4n) is 3.90. The third-order valence-corrected chi connectivity index (χ3v) is 5.38. The molecule has 1 unspecified atom stereocenters. The zero-order valence-electron chi connectivity index (χ0n) is 16.3. The first-order valence-corrected chi connectivity index (χ1v) is 10.0. The minimum absolute atomic E-state index is 0.160. The van der Waals surface area contributed by atoms with Crippen molar-refractivity contribution in [1.29, 1.82) is 0 Å². The molecule has 4 rings (SSSR count). The third-order valence-electron chi connectivity index (χ3n) is 5.38. The van der Waals surface area contributed by atoms with E-state index in [0.29, 0.717) is 23.8 Å². The van der Waals surface area contributed by atoms with E-state index in [1.165, 1.54) is 17.7 Å². The molecular formula is C23H25FN4O. The molecular weight excluding hydrogens is 367 g/mol. The molecule has 2 heterocycles. The molecule has 1 N–H and O–H groups in total. The summed E-state index contributed by atoms with van der Waals surface area (Å²) >= 11 is 0. The highest BCUT2D eigenvalue weighted by molar-refractivity contribution is 5.93. The third kappa shape index (κ3) is 4.90. The first-order valence-electron chi connectivity index (χ1n) is 10.0. The molecule has 0 aliphatic carbocycles. The molecule has 1 aromatic heterocycles. The first-order chi connectivity index (χ1) is 14.2. The number of aromatic nitrogens is 2. The van der Waals surface area contributed by atoms with Crippen molar-refractivity contribution in [3.63, 3.8) is 0 Å². The van der Waals surface area contributed by atoms with Crippen LogP contribution in [0.2, 0.25) is 0 Å². The van der Waals surface area contributed by atoms with Crippen LogP contribution in [0.15, 0.2) is 67.1 Å². The molecule has 6 heteroatoms. The number of benzene rings is 2. The van der Waals surface area contributed by atoms with Crippen LogP contribution in [0.25, 0.3) is 5.69 Å². The van der Waals surface area contributed by atoms with Gasteiger partial charge in [0.25, 0.3) is 5.91 Å². The number of amides is 1. The lowest BCUT2D eigenvalue weighted by molar-refractivity contribution is 0.0924. The fraction of sp³-hybridized carbons (Fsp3) is 0.304. The van der Waals surface area contributed by atoms with Crippen LogP contribution in [0.5, 0.6) is 0 Å². The van der Waals surface area contributed by atoms with Crippen molar-refractivity contribution >= 4 is 5.91 Å². The summed E-state index contributed by atoms with van der Waals surface area (Å²) in [5.41, 5.74) is 2.48. The van der Waals surface area contributed by atoms with Crippen molar-refractivity contribution in [3.8, 4) is 5.69 Å². The molecule has 1 atom stereocenters. The molecule has 2 aromatic carbocycles. The summed E-state index contributed by atoms with van der Waals surface area (Å²) in [5, 5.41) is 3.06. The van der Waals surface area contributed by atoms with Gasteiger partial charge in [-0.15, -0.1) is 0 Å². The average Bonchev–Trinajstić information content (AvgIpc) is 3.24. The van der Waals surface area contributed by atoms with Crippen molar-refractivity contribution in [1.82, 2.24) is 19.8 Å². The number of halogens is 1. The van der Waals surface area contributed by atoms with Gasteiger partial charge >= 0.3 is 0 Å². The summed E-state index contributed by atoms with van der Waals surface area (Å²) in [7, 11) is 0. The predicted octanol–water partition coefficient (Wildman–Crippen LogP) is 3.65. The Morgan fingerprint density at radius 3 is 2.72 bits per heavy atom. The number of likely N-dealkylation sites (tertiary alicyclic amines) is 1. The Labute approximate surface area is 170 Å². The highest BCUT2D eigenvalue weighted by Crippen LogP contribution is 2.18. The summed E-state index contributed by atoms with van der Waals surface area (Å²) in [6, 6.07) is 16.5. The van der Waals surface area contributed by atoms with Crippen molar-refractivity contribution < 1.29 is 9.18 Å². The van der Waals surface area contributed by atoms with Gasteiger partial charge in [0.15, 0.2) is 0 Å². The van der Waals surface area contributed by atoms with Gasteiger partial charge in [-0.2, -0.15) is 0 Å². The second-order valence-corrected chi connectivity index (χ2v) is 7.56. The molecule has 29 heavy (non-hydrogen) atoms. The largest absolute Gasteiger partial charge is 0.350 e. The maximum Gasteiger partial charge on any atom is 0.269 e. The molecule has 0 radical (unpaired) electrons. The fourth-order valence-corrected chi connectivity index (χ4v) is 3.90. The molecule has 1 aliphatic rings. The maximum absolute atomic E-state index is 13.2. The number of carbonyl (C=O) groups excluding carboxylic acids is 1. The SMILES string of the molecule is O=C(NCC1CCCN(Cc2ccccc2)C1)c1cncn1-c1ccc(F)cc1. The van der Waals surface area contributed by atoms with Crippen molar-refractivity contribution in [2.24, 2.45) is 5.92 Å². The topological polar surface area (TPSA) is 50.2 Å². The summed E-state index contributed by atoms with van der Waals surface area (Å²) in [6.45, 7) is 3.66. The Kier molecular flexibility index (Phi) is 6.00. The molecule has 150 valence electrons. The number of nitrogens with zero attached hydrogens (tertiary/aromatic N) is 3. The smallest absolute Gasteiger partial charge is 0.269 e. The second kappa shape index (κ2) is 9.01. The number of piperidine rings is 1. The first kappa shape index (κ1) is 19.3. The molecule has 5 nitrogen and oxygen atoms in total. The monoisotopic (exact) mass is 392 g/mol. The molecule has 1 saturated heterocycles. The van der Waals surface area contributed by atoms with E-state index >= 15 is 0 Å². The van der Waals surface area contributed by atoms with E-state index in [2.05, 4.69) is 39.5 Å². The van der Waals surface area contributed by atoms with Gasteiger partial charge in [-0.25, -0.2) is 9.37 Å². The van der Waals surface area contributed by atoms with Crippen LogP contribution in [0.4, 0.5) is 4.39 Å². The van der Waals surface area contributed by atoms with Gasteiger partial charge < -0.3 is 5.32 Å². The van der Waals surface area contributed by atoms with Crippen LogP contribution in [-0.4, -0.2) is 40.0 Å². The predicted molar refractivity (Wildman–Crippen MR) is 110 cm³/mol. The van der Waals surface area contributed by atoms with E-state index in [-0.39, 0.29) is 11.7 Å². The lowest BCUT2D eigenvalue weighted by atomic mass is 9.97. The van der Waals surface area contributed by atoms with Crippen LogP contribution in [0.3, 0.4) is 0 Å². The number of carbonyl (C=O) groups is 1. The molecule has 0 saturated carbocycles. The molecule has 0 bridgehead atoms. The highest BCUT2D eigenvalue weighted by atomic mass is 19.1. The van der Waals surface area contributed by atoms with E-state index in [9.17, 15) is 9.18 Å². The van der Waals surface area contributed by atoms with Crippen LogP contribution < -0.4 is 5.32 Å². The van der Waals surface area contributed by atoms with Gasteiger partial charge in [0.2, 0.25) is 0 Å². The van der Waals surface area contributed by atoms with Crippen LogP contribution in [-0.2, 0) is 6.54 Å². The van der Waals surface area contributed by atoms with Gasteiger partial charge in [-0.1, -0.05) is 30.3 Å². The van der Waals surface area contributed by atoms with E-state index in [4.69, 9.17) is 0 Å². The minimum Gasteiger partial charge on any atom is -0.350 e. The number of rotatable bonds is 6. The summed E-state index contributed by atoms with van der Waals surface area (Å²) in [6.07, 6.45) is 5.37. The van der Waals surface area contributed by atoms with E-state index in [0.717, 1.165) is 32.5 Å². The Morgan fingerprint density at radius 1 is 1.14 bits per heavy atom. The van der Waals surface area contributed by atoms with Crippen molar-refractivity contribution in [2.45, 2.75) is 19.4 Å². The molecule has 1 amide bonds. The van der Waals surface area contributed by atoms with Gasteiger partial charge in [-0.05, 0) is 55.1 Å². The summed E-state index contributed by atoms with van der Waals surface area (Å²) in [4.78, 5) is 19.3. The van der Waals surface area contributed by atoms with Gasteiger partial charge in [0, 0.05) is 25.3 Å². The average molecular weight is 392 g/mol. The Balaban J connectivity index is 1.34. The maximum atomic E-state index is 13.2. The van der Waals surface area contributed by atoms with Gasteiger partial charge in [0.05, 0.1) is 12.5 Å². The van der Waals surface area contributed by atoms with E-state index in [1.54, 1.807) is 29.2 Å². The van der Waals surface area contributed by atoms with E-state index in [1.807, 2.05) is 6.07 Å². The highest BCUT2D eigenvalue weighted by Gasteiger charge is 2.21. The minimum atomic E-state index is -0.308. The molecule has 3 aromatic rings. The van der Waals surface area contributed by atoms with Gasteiger partial charge in [0.1, 0.15) is 11.5 Å². The normalized spacial score (nSPS) is 17.2. The molecule has 1 aliphatic heterocycles. The Hall–Kier alpha value is -2.99. The quantitative estimate of drug-likeness (QED) is 0.697. The van der Waals surface area contributed by atoms with Crippen LogP contribution in [0.1, 0.15) is 28.9 Å². The standard InChI is InChI=1S/C23H25FN4O/c24-20-8-10-21(11-9-20)28-17-25-14-22(28)23(29)26-13-19-7-4-12-27(16-19)15-18-5-2-1-3-6-18/h1-3,5-6,8-11,14,17,19H,4,7,12-13,15-16H2,(H,26,29). The molecule has 0 spiro atoms. The lowest BCUT2D eigenvalue weighted by Gasteiger charge is -2.32. The van der Waals surface area contributed by atoms with Crippen LogP contribution in [0, 0.1) is 11.7 Å². The Bertz CT molecular complexity index is 939. The number of nitrogens with one attached hydrogen (secondary N) is 1. The lowest BCUT2D eigenvalue weighted by Crippen LogP contribution is -2.40. The van der Waals surface area contributed by atoms with Crippen LogP contribution >= 0.6 is 0 Å². The van der Waals surface area contributed by atoms with Crippen molar-refractivity contribution in [2.75, 3.05) is 19.6 Å². The second-order valence-electron chi connectivity index (χ2n) is 7.56. The Morgan fingerprint density at radius 2 is 1.93 bits per heavy atom.